The first-order chi connectivity index (χ1) is 8.08. The fourth-order valence-corrected chi connectivity index (χ4v) is 2.01. The zero-order chi connectivity index (χ0) is 12.4. The lowest BCUT2D eigenvalue weighted by molar-refractivity contribution is 0.101. The van der Waals surface area contributed by atoms with E-state index in [0.29, 0.717) is 0 Å². The lowest BCUT2D eigenvalue weighted by Gasteiger charge is -2.06. The molecule has 0 saturated carbocycles. The molecular formula is C15H13ClO. The maximum atomic E-state index is 11.3. The van der Waals surface area contributed by atoms with Gasteiger partial charge in [-0.3, -0.25) is 4.79 Å². The van der Waals surface area contributed by atoms with Crippen molar-refractivity contribution in [1.82, 2.24) is 0 Å². The molecular weight excluding hydrogens is 232 g/mol. The molecule has 0 spiro atoms. The molecule has 0 bridgehead atoms. The zero-order valence-corrected chi connectivity index (χ0v) is 10.6. The number of hydrogen-bond donors (Lipinski definition) is 0. The van der Waals surface area contributed by atoms with Gasteiger partial charge in [-0.05, 0) is 42.7 Å². The molecule has 0 heterocycles. The summed E-state index contributed by atoms with van der Waals surface area (Å²) in [7, 11) is 0. The van der Waals surface area contributed by atoms with Gasteiger partial charge in [0.1, 0.15) is 0 Å². The molecule has 17 heavy (non-hydrogen) atoms. The third-order valence-corrected chi connectivity index (χ3v) is 3.04. The van der Waals surface area contributed by atoms with E-state index in [2.05, 4.69) is 0 Å². The first kappa shape index (κ1) is 11.9. The van der Waals surface area contributed by atoms with E-state index >= 15 is 0 Å². The summed E-state index contributed by atoms with van der Waals surface area (Å²) in [5.74, 6) is 0.102. The van der Waals surface area contributed by atoms with E-state index in [4.69, 9.17) is 11.6 Å². The summed E-state index contributed by atoms with van der Waals surface area (Å²) < 4.78 is 0. The van der Waals surface area contributed by atoms with Crippen molar-refractivity contribution in [1.29, 1.82) is 0 Å². The van der Waals surface area contributed by atoms with Crippen LogP contribution in [0.5, 0.6) is 0 Å². The number of hydrogen-bond acceptors (Lipinski definition) is 1. The Morgan fingerprint density at radius 2 is 1.59 bits per heavy atom. The molecule has 0 radical (unpaired) electrons. The summed E-state index contributed by atoms with van der Waals surface area (Å²) in [5, 5.41) is 0.728. The fourth-order valence-electron chi connectivity index (χ4n) is 1.88. The molecule has 0 aliphatic heterocycles. The van der Waals surface area contributed by atoms with Crippen molar-refractivity contribution in [3.63, 3.8) is 0 Å². The predicted octanol–water partition coefficient (Wildman–Crippen LogP) is 4.52. The highest BCUT2D eigenvalue weighted by atomic mass is 35.5. The second-order valence-corrected chi connectivity index (χ2v) is 4.53. The van der Waals surface area contributed by atoms with Crippen molar-refractivity contribution >= 4 is 17.4 Å². The SMILES string of the molecule is CC(=O)c1ccc(-c2ccc(Cl)cc2)cc1C. The number of rotatable bonds is 2. The summed E-state index contributed by atoms with van der Waals surface area (Å²) in [5.41, 5.74) is 3.99. The van der Waals surface area contributed by atoms with Crippen LogP contribution in [0.2, 0.25) is 5.02 Å². The summed E-state index contributed by atoms with van der Waals surface area (Å²) in [6, 6.07) is 13.6. The Labute approximate surface area is 106 Å². The fraction of sp³-hybridized carbons (Fsp3) is 0.133. The quantitative estimate of drug-likeness (QED) is 0.710. The second-order valence-electron chi connectivity index (χ2n) is 4.09. The van der Waals surface area contributed by atoms with E-state index in [9.17, 15) is 4.79 Å². The van der Waals surface area contributed by atoms with E-state index in [1.54, 1.807) is 6.92 Å². The van der Waals surface area contributed by atoms with Gasteiger partial charge in [-0.2, -0.15) is 0 Å². The van der Waals surface area contributed by atoms with Crippen molar-refractivity contribution in [2.45, 2.75) is 13.8 Å². The average Bonchev–Trinajstić information content (AvgIpc) is 2.29. The summed E-state index contributed by atoms with van der Waals surface area (Å²) in [4.78, 5) is 11.3. The molecule has 86 valence electrons. The number of carbonyl (C=O) groups is 1. The van der Waals surface area contributed by atoms with Gasteiger partial charge in [0.05, 0.1) is 0 Å². The molecule has 0 aromatic heterocycles. The van der Waals surface area contributed by atoms with Gasteiger partial charge in [0.2, 0.25) is 0 Å². The number of carbonyl (C=O) groups excluding carboxylic acids is 1. The Bertz CT molecular complexity index is 556. The Morgan fingerprint density at radius 3 is 2.12 bits per heavy atom. The molecule has 0 saturated heterocycles. The highest BCUT2D eigenvalue weighted by Gasteiger charge is 2.05. The number of benzene rings is 2. The van der Waals surface area contributed by atoms with Crippen LogP contribution in [0.1, 0.15) is 22.8 Å². The Hall–Kier alpha value is -1.60. The predicted molar refractivity (Wildman–Crippen MR) is 71.6 cm³/mol. The van der Waals surface area contributed by atoms with E-state index in [1.165, 1.54) is 0 Å². The lowest BCUT2D eigenvalue weighted by Crippen LogP contribution is -1.95. The maximum Gasteiger partial charge on any atom is 0.160 e. The molecule has 0 N–H and O–H groups in total. The first-order valence-corrected chi connectivity index (χ1v) is 5.83. The monoisotopic (exact) mass is 244 g/mol. The van der Waals surface area contributed by atoms with Gasteiger partial charge >= 0.3 is 0 Å². The van der Waals surface area contributed by atoms with Crippen molar-refractivity contribution in [3.8, 4) is 11.1 Å². The van der Waals surface area contributed by atoms with E-state index in [1.807, 2.05) is 49.4 Å². The van der Waals surface area contributed by atoms with Gasteiger partial charge in [0.15, 0.2) is 5.78 Å². The average molecular weight is 245 g/mol. The first-order valence-electron chi connectivity index (χ1n) is 5.45. The van der Waals surface area contributed by atoms with Crippen LogP contribution < -0.4 is 0 Å². The number of Topliss-reactive ketones (excluding diaryl/α,β-unsaturated/α-hetero) is 1. The molecule has 2 rings (SSSR count). The third kappa shape index (κ3) is 2.56. The minimum absolute atomic E-state index is 0.102. The van der Waals surface area contributed by atoms with Crippen LogP contribution in [0.4, 0.5) is 0 Å². The molecule has 2 aromatic carbocycles. The van der Waals surface area contributed by atoms with Gasteiger partial charge in [-0.1, -0.05) is 41.9 Å². The molecule has 0 fully saturated rings. The standard InChI is InChI=1S/C15H13ClO/c1-10-9-13(5-8-15(10)11(2)17)12-3-6-14(16)7-4-12/h3-9H,1-2H3. The molecule has 0 unspecified atom stereocenters. The lowest BCUT2D eigenvalue weighted by atomic mass is 9.98. The second kappa shape index (κ2) is 4.72. The summed E-state index contributed by atoms with van der Waals surface area (Å²) >= 11 is 5.85. The van der Waals surface area contributed by atoms with Gasteiger partial charge in [0, 0.05) is 10.6 Å². The largest absolute Gasteiger partial charge is 0.295 e. The van der Waals surface area contributed by atoms with Gasteiger partial charge in [-0.15, -0.1) is 0 Å². The van der Waals surface area contributed by atoms with Crippen molar-refractivity contribution in [3.05, 3.63) is 58.6 Å². The van der Waals surface area contributed by atoms with Crippen LogP contribution in [-0.2, 0) is 0 Å². The maximum absolute atomic E-state index is 11.3. The van der Waals surface area contributed by atoms with Crippen LogP contribution in [0.25, 0.3) is 11.1 Å². The van der Waals surface area contributed by atoms with Crippen molar-refractivity contribution in [2.75, 3.05) is 0 Å². The molecule has 0 aliphatic rings. The minimum Gasteiger partial charge on any atom is -0.295 e. The Kier molecular flexibility index (Phi) is 3.30. The van der Waals surface area contributed by atoms with E-state index < -0.39 is 0 Å². The van der Waals surface area contributed by atoms with Crippen molar-refractivity contribution in [2.24, 2.45) is 0 Å². The van der Waals surface area contributed by atoms with Crippen LogP contribution >= 0.6 is 11.6 Å². The van der Waals surface area contributed by atoms with E-state index in [0.717, 1.165) is 27.3 Å². The molecule has 0 amide bonds. The van der Waals surface area contributed by atoms with Crippen LogP contribution in [0.15, 0.2) is 42.5 Å². The zero-order valence-electron chi connectivity index (χ0n) is 9.83. The molecule has 2 aromatic rings. The van der Waals surface area contributed by atoms with Crippen LogP contribution in [0, 0.1) is 6.92 Å². The van der Waals surface area contributed by atoms with Crippen LogP contribution in [0.3, 0.4) is 0 Å². The smallest absolute Gasteiger partial charge is 0.160 e. The molecule has 2 heteroatoms. The topological polar surface area (TPSA) is 17.1 Å². The molecule has 0 aliphatic carbocycles. The van der Waals surface area contributed by atoms with Crippen LogP contribution in [-0.4, -0.2) is 5.78 Å². The summed E-state index contributed by atoms with van der Waals surface area (Å²) in [6.45, 7) is 3.54. The van der Waals surface area contributed by atoms with Gasteiger partial charge in [-0.25, -0.2) is 0 Å². The number of ketones is 1. The normalized spacial score (nSPS) is 10.3. The van der Waals surface area contributed by atoms with Gasteiger partial charge in [0.25, 0.3) is 0 Å². The third-order valence-electron chi connectivity index (χ3n) is 2.78. The molecule has 0 atom stereocenters. The highest BCUT2D eigenvalue weighted by molar-refractivity contribution is 6.30. The Balaban J connectivity index is 2.44. The molecule has 1 nitrogen and oxygen atoms in total. The van der Waals surface area contributed by atoms with Gasteiger partial charge < -0.3 is 0 Å². The van der Waals surface area contributed by atoms with E-state index in [-0.39, 0.29) is 5.78 Å². The Morgan fingerprint density at radius 1 is 1.00 bits per heavy atom. The summed E-state index contributed by atoms with van der Waals surface area (Å²) in [6.07, 6.45) is 0. The highest BCUT2D eigenvalue weighted by Crippen LogP contribution is 2.24. The van der Waals surface area contributed by atoms with Crippen molar-refractivity contribution < 1.29 is 4.79 Å². The minimum atomic E-state index is 0.102. The number of halogens is 1. The number of aryl methyl sites for hydroxylation is 1.